The number of hydrogen-bond donors (Lipinski definition) is 0. The van der Waals surface area contributed by atoms with Gasteiger partial charge in [-0.1, -0.05) is 0 Å². The van der Waals surface area contributed by atoms with Crippen LogP contribution in [0.3, 0.4) is 0 Å². The van der Waals surface area contributed by atoms with Gasteiger partial charge in [-0.05, 0) is 0 Å². The first-order valence-electron chi connectivity index (χ1n) is 8.78. The van der Waals surface area contributed by atoms with Crippen molar-refractivity contribution in [3.05, 3.63) is 0 Å². The van der Waals surface area contributed by atoms with Crippen LogP contribution >= 0.6 is 0 Å². The molecule has 0 aromatic rings. The Morgan fingerprint density at radius 3 is 1.65 bits per heavy atom. The summed E-state index contributed by atoms with van der Waals surface area (Å²) in [5.41, 5.74) is 0. The Morgan fingerprint density at radius 1 is 0.850 bits per heavy atom. The van der Waals surface area contributed by atoms with E-state index in [1.807, 2.05) is 0 Å². The Labute approximate surface area is 132 Å². The molecule has 0 aliphatic rings. The summed E-state index contributed by atoms with van der Waals surface area (Å²) in [7, 11) is 0. The molecule has 0 aromatic carbocycles. The van der Waals surface area contributed by atoms with Crippen molar-refractivity contribution in [3.63, 3.8) is 0 Å². The molecule has 1 atom stereocenters. The average Bonchev–Trinajstić information content (AvgIpc) is 2.46. The first-order chi connectivity index (χ1) is 9.64. The van der Waals surface area contributed by atoms with E-state index in [0.29, 0.717) is 0 Å². The van der Waals surface area contributed by atoms with E-state index in [-0.39, 0.29) is 6.10 Å². The van der Waals surface area contributed by atoms with E-state index in [4.69, 9.17) is 4.74 Å². The zero-order chi connectivity index (χ0) is 15.3. The summed E-state index contributed by atoms with van der Waals surface area (Å²) >= 11 is -2.23. The van der Waals surface area contributed by atoms with Crippen molar-refractivity contribution in [1.29, 1.82) is 0 Å². The summed E-state index contributed by atoms with van der Waals surface area (Å²) in [5, 5.41) is 0. The second kappa shape index (κ2) is 13.0. The molecule has 0 saturated carbocycles. The van der Waals surface area contributed by atoms with E-state index in [1.165, 1.54) is 51.8 Å². The average molecular weight is 387 g/mol. The zero-order valence-electron chi connectivity index (χ0n) is 14.6. The minimum atomic E-state index is -2.23. The Hall–Kier alpha value is 0.319. The van der Waals surface area contributed by atoms with Crippen molar-refractivity contribution in [1.82, 2.24) is 0 Å². The SMILES string of the molecule is CCC[CH2][Sn]([C]#C[C@H](C)OCC)([CH2]CCC)[CH2]CCC. The van der Waals surface area contributed by atoms with E-state index >= 15 is 0 Å². The fourth-order valence-corrected chi connectivity index (χ4v) is 16.1. The van der Waals surface area contributed by atoms with Crippen LogP contribution < -0.4 is 0 Å². The van der Waals surface area contributed by atoms with Crippen LogP contribution in [0.2, 0.25) is 13.3 Å². The predicted octanol–water partition coefficient (Wildman–Crippen LogP) is 5.80. The third kappa shape index (κ3) is 9.29. The molecule has 20 heavy (non-hydrogen) atoms. The van der Waals surface area contributed by atoms with E-state index < -0.39 is 18.4 Å². The molecule has 0 aliphatic heterocycles. The van der Waals surface area contributed by atoms with E-state index in [9.17, 15) is 0 Å². The van der Waals surface area contributed by atoms with Crippen LogP contribution in [0.25, 0.3) is 0 Å². The van der Waals surface area contributed by atoms with Gasteiger partial charge in [0, 0.05) is 0 Å². The molecule has 2 heteroatoms. The molecule has 0 amide bonds. The maximum atomic E-state index is 5.61. The predicted molar refractivity (Wildman–Crippen MR) is 93.8 cm³/mol. The van der Waals surface area contributed by atoms with Crippen LogP contribution in [0.4, 0.5) is 0 Å². The van der Waals surface area contributed by atoms with Crippen LogP contribution in [0.15, 0.2) is 0 Å². The molecule has 1 nitrogen and oxygen atoms in total. The van der Waals surface area contributed by atoms with Crippen LogP contribution in [0, 0.1) is 9.86 Å². The normalized spacial score (nSPS) is 12.8. The fourth-order valence-electron chi connectivity index (χ4n) is 2.65. The molecule has 0 radical (unpaired) electrons. The molecule has 0 bridgehead atoms. The maximum absolute atomic E-state index is 5.61. The van der Waals surface area contributed by atoms with Crippen LogP contribution in [-0.4, -0.2) is 31.1 Å². The minimum absolute atomic E-state index is 0.126. The second-order valence-electron chi connectivity index (χ2n) is 5.96. The van der Waals surface area contributed by atoms with Crippen molar-refractivity contribution in [3.8, 4) is 9.86 Å². The number of rotatable bonds is 11. The van der Waals surface area contributed by atoms with Gasteiger partial charge in [-0.15, -0.1) is 0 Å². The van der Waals surface area contributed by atoms with E-state index in [0.717, 1.165) is 6.61 Å². The van der Waals surface area contributed by atoms with Gasteiger partial charge >= 0.3 is 132 Å². The topological polar surface area (TPSA) is 9.23 Å². The van der Waals surface area contributed by atoms with Crippen LogP contribution in [0.5, 0.6) is 0 Å². The summed E-state index contributed by atoms with van der Waals surface area (Å²) in [4.78, 5) is 0. The van der Waals surface area contributed by atoms with Crippen molar-refractivity contribution in [2.75, 3.05) is 6.61 Å². The van der Waals surface area contributed by atoms with Gasteiger partial charge in [-0.2, -0.15) is 0 Å². The van der Waals surface area contributed by atoms with Crippen molar-refractivity contribution < 1.29 is 4.74 Å². The third-order valence-corrected chi connectivity index (χ3v) is 17.1. The van der Waals surface area contributed by atoms with Gasteiger partial charge < -0.3 is 0 Å². The molecule has 0 aliphatic carbocycles. The van der Waals surface area contributed by atoms with Gasteiger partial charge in [0.15, 0.2) is 0 Å². The quantitative estimate of drug-likeness (QED) is 0.322. The molecule has 0 saturated heterocycles. The molecule has 118 valence electrons. The summed E-state index contributed by atoms with van der Waals surface area (Å²) in [6, 6.07) is 0. The molecule has 0 unspecified atom stereocenters. The Kier molecular flexibility index (Phi) is 13.2. The van der Waals surface area contributed by atoms with Crippen LogP contribution in [-0.2, 0) is 4.74 Å². The van der Waals surface area contributed by atoms with Gasteiger partial charge in [0.2, 0.25) is 0 Å². The number of unbranched alkanes of at least 4 members (excludes halogenated alkanes) is 3. The van der Waals surface area contributed by atoms with Gasteiger partial charge in [0.05, 0.1) is 0 Å². The number of hydrogen-bond acceptors (Lipinski definition) is 1. The van der Waals surface area contributed by atoms with Crippen molar-refractivity contribution in [2.45, 2.75) is 92.6 Å². The molecule has 0 fully saturated rings. The monoisotopic (exact) mass is 388 g/mol. The number of ether oxygens (including phenoxy) is 1. The molecule has 0 aromatic heterocycles. The Morgan fingerprint density at radius 2 is 1.30 bits per heavy atom. The summed E-state index contributed by atoms with van der Waals surface area (Å²) < 4.78 is 13.9. The summed E-state index contributed by atoms with van der Waals surface area (Å²) in [5.74, 6) is 3.47. The van der Waals surface area contributed by atoms with Gasteiger partial charge in [-0.25, -0.2) is 0 Å². The molecule has 0 N–H and O–H groups in total. The second-order valence-corrected chi connectivity index (χ2v) is 18.3. The Bertz CT molecular complexity index is 255. The fraction of sp³-hybridized carbons (Fsp3) is 0.889. The third-order valence-electron chi connectivity index (χ3n) is 3.98. The van der Waals surface area contributed by atoms with Gasteiger partial charge in [-0.3, -0.25) is 0 Å². The van der Waals surface area contributed by atoms with Gasteiger partial charge in [0.1, 0.15) is 0 Å². The van der Waals surface area contributed by atoms with E-state index in [1.54, 1.807) is 0 Å². The molecular formula is C18H36OSn. The zero-order valence-corrected chi connectivity index (χ0v) is 17.4. The Balaban J connectivity index is 4.91. The summed E-state index contributed by atoms with van der Waals surface area (Å²) in [6.45, 7) is 11.9. The van der Waals surface area contributed by atoms with Crippen molar-refractivity contribution in [2.24, 2.45) is 0 Å². The molecule has 0 rings (SSSR count). The van der Waals surface area contributed by atoms with Crippen LogP contribution in [0.1, 0.15) is 73.1 Å². The first-order valence-corrected chi connectivity index (χ1v) is 16.3. The van der Waals surface area contributed by atoms with Crippen molar-refractivity contribution >= 4 is 18.4 Å². The molecular weight excluding hydrogens is 351 g/mol. The van der Waals surface area contributed by atoms with E-state index in [2.05, 4.69) is 44.5 Å². The standard InChI is InChI=1S/C6H9O.3C4H9.Sn/c1-4-6(3)7-5-2;3*1-3-4-2;/h6H,5H2,2-3H3;3*1,3-4H2,2H3;/t6-;;;;/m0..../s1. The molecule has 0 heterocycles. The summed E-state index contributed by atoms with van der Waals surface area (Å²) in [6.07, 6.45) is 8.25. The van der Waals surface area contributed by atoms with Gasteiger partial charge in [0.25, 0.3) is 0 Å². The molecule has 0 spiro atoms. The first kappa shape index (κ1) is 20.3.